The molecule has 0 atom stereocenters. The summed E-state index contributed by atoms with van der Waals surface area (Å²) in [5.41, 5.74) is 1.33. The van der Waals surface area contributed by atoms with E-state index in [4.69, 9.17) is 4.74 Å². The molecule has 1 aliphatic rings. The van der Waals surface area contributed by atoms with Gasteiger partial charge in [-0.15, -0.1) is 24.2 Å². The first-order valence-electron chi connectivity index (χ1n) is 9.02. The Morgan fingerprint density at radius 3 is 2.30 bits per heavy atom. The number of thioether (sulfide) groups is 1. The topological polar surface area (TPSA) is 32.8 Å². The zero-order valence-electron chi connectivity index (χ0n) is 15.8. The number of halogens is 1. The number of carbonyl (C=O) groups is 1. The van der Waals surface area contributed by atoms with E-state index in [1.54, 1.807) is 12.1 Å². The number of hydrogen-bond acceptors (Lipinski definition) is 4. The van der Waals surface area contributed by atoms with Crippen molar-refractivity contribution in [1.82, 2.24) is 9.80 Å². The lowest BCUT2D eigenvalue weighted by Crippen LogP contribution is -2.40. The van der Waals surface area contributed by atoms with Crippen LogP contribution in [0.5, 0.6) is 5.75 Å². The summed E-state index contributed by atoms with van der Waals surface area (Å²) in [5, 5.41) is 0.551. The first kappa shape index (κ1) is 21.6. The predicted molar refractivity (Wildman–Crippen MR) is 114 cm³/mol. The molecule has 146 valence electrons. The Morgan fingerprint density at radius 2 is 1.70 bits per heavy atom. The first-order valence-corrected chi connectivity index (χ1v) is 9.90. The average molecular weight is 407 g/mol. The number of carbonyl (C=O) groups excluding carboxylic acids is 1. The maximum Gasteiger partial charge on any atom is 0.415 e. The molecular weight excluding hydrogens is 380 g/mol. The lowest BCUT2D eigenvalue weighted by atomic mass is 10.1. The fourth-order valence-corrected chi connectivity index (χ4v) is 4.17. The molecule has 0 aliphatic carbocycles. The molecule has 0 bridgehead atoms. The maximum absolute atomic E-state index is 12.3. The molecule has 3 rings (SSSR count). The third-order valence-electron chi connectivity index (χ3n) is 4.37. The van der Waals surface area contributed by atoms with Gasteiger partial charge < -0.3 is 14.5 Å². The van der Waals surface area contributed by atoms with Crippen molar-refractivity contribution >= 4 is 30.3 Å². The van der Waals surface area contributed by atoms with Crippen LogP contribution in [0.3, 0.4) is 0 Å². The normalized spacial score (nSPS) is 14.7. The smallest absolute Gasteiger partial charge is 0.410 e. The minimum Gasteiger partial charge on any atom is -0.410 e. The molecule has 2 aromatic carbocycles. The number of rotatable bonds is 5. The van der Waals surface area contributed by atoms with Gasteiger partial charge in [0.25, 0.3) is 0 Å². The van der Waals surface area contributed by atoms with Gasteiger partial charge in [-0.05, 0) is 56.8 Å². The highest BCUT2D eigenvalue weighted by Crippen LogP contribution is 2.31. The van der Waals surface area contributed by atoms with Gasteiger partial charge in [-0.3, -0.25) is 0 Å². The van der Waals surface area contributed by atoms with Gasteiger partial charge in [-0.1, -0.05) is 30.3 Å². The molecule has 0 spiro atoms. The van der Waals surface area contributed by atoms with Crippen molar-refractivity contribution < 1.29 is 9.53 Å². The molecule has 1 aliphatic heterocycles. The van der Waals surface area contributed by atoms with E-state index < -0.39 is 0 Å². The lowest BCUT2D eigenvalue weighted by molar-refractivity contribution is 0.143. The number of amides is 1. The Labute approximate surface area is 172 Å². The molecule has 1 fully saturated rings. The summed E-state index contributed by atoms with van der Waals surface area (Å²) in [5.74, 6) is 0.604. The Hall–Kier alpha value is -1.69. The molecule has 4 nitrogen and oxygen atoms in total. The highest BCUT2D eigenvalue weighted by atomic mass is 35.5. The van der Waals surface area contributed by atoms with Crippen LogP contribution in [-0.4, -0.2) is 48.3 Å². The standard InChI is InChI=1S/C21H26N2O2S.ClH/c1-22(2)16-17-8-10-19(11-9-17)26-20-12-14-23(15-13-20)21(24)25-18-6-4-3-5-7-18;/h3-11,20H,12-16H2,1-2H3;1H. The second-order valence-electron chi connectivity index (χ2n) is 6.87. The SMILES string of the molecule is CN(C)Cc1ccc(SC2CCN(C(=O)Oc3ccccc3)CC2)cc1.Cl. The molecule has 27 heavy (non-hydrogen) atoms. The van der Waals surface area contributed by atoms with Gasteiger partial charge in [0.05, 0.1) is 0 Å². The van der Waals surface area contributed by atoms with E-state index in [-0.39, 0.29) is 18.5 Å². The van der Waals surface area contributed by atoms with Gasteiger partial charge in [0.1, 0.15) is 5.75 Å². The summed E-state index contributed by atoms with van der Waals surface area (Å²) in [7, 11) is 4.17. The number of nitrogens with zero attached hydrogens (tertiary/aromatic N) is 2. The van der Waals surface area contributed by atoms with E-state index in [0.717, 1.165) is 32.5 Å². The second kappa shape index (κ2) is 10.6. The van der Waals surface area contributed by atoms with Crippen LogP contribution < -0.4 is 4.74 Å². The van der Waals surface area contributed by atoms with E-state index in [2.05, 4.69) is 43.3 Å². The molecule has 1 saturated heterocycles. The van der Waals surface area contributed by atoms with Crippen LogP contribution in [0.2, 0.25) is 0 Å². The van der Waals surface area contributed by atoms with Crippen LogP contribution >= 0.6 is 24.2 Å². The van der Waals surface area contributed by atoms with E-state index in [1.165, 1.54) is 10.5 Å². The Bertz CT molecular complexity index is 702. The van der Waals surface area contributed by atoms with Crippen LogP contribution in [0, 0.1) is 0 Å². The highest BCUT2D eigenvalue weighted by molar-refractivity contribution is 8.00. The Morgan fingerprint density at radius 1 is 1.07 bits per heavy atom. The van der Waals surface area contributed by atoms with E-state index in [0.29, 0.717) is 11.0 Å². The van der Waals surface area contributed by atoms with Crippen LogP contribution in [0.4, 0.5) is 4.79 Å². The quantitative estimate of drug-likeness (QED) is 0.705. The van der Waals surface area contributed by atoms with Crippen molar-refractivity contribution in [3.8, 4) is 5.75 Å². The summed E-state index contributed by atoms with van der Waals surface area (Å²) in [6, 6.07) is 18.1. The van der Waals surface area contributed by atoms with Crippen molar-refractivity contribution in [1.29, 1.82) is 0 Å². The number of hydrogen-bond donors (Lipinski definition) is 0. The lowest BCUT2D eigenvalue weighted by Gasteiger charge is -2.30. The Kier molecular flexibility index (Phi) is 8.48. The Balaban J connectivity index is 0.00000261. The summed E-state index contributed by atoms with van der Waals surface area (Å²) >= 11 is 1.92. The minimum absolute atomic E-state index is 0. The fourth-order valence-electron chi connectivity index (χ4n) is 3.04. The fraction of sp³-hybridized carbons (Fsp3) is 0.381. The van der Waals surface area contributed by atoms with E-state index in [1.807, 2.05) is 34.9 Å². The second-order valence-corrected chi connectivity index (χ2v) is 8.24. The van der Waals surface area contributed by atoms with Crippen molar-refractivity contribution in [2.24, 2.45) is 0 Å². The zero-order chi connectivity index (χ0) is 18.4. The number of piperidine rings is 1. The summed E-state index contributed by atoms with van der Waals surface area (Å²) in [6.45, 7) is 2.47. The van der Waals surface area contributed by atoms with Crippen LogP contribution in [0.15, 0.2) is 59.5 Å². The predicted octanol–water partition coefficient (Wildman–Crippen LogP) is 4.93. The molecule has 6 heteroatoms. The highest BCUT2D eigenvalue weighted by Gasteiger charge is 2.24. The van der Waals surface area contributed by atoms with E-state index in [9.17, 15) is 4.79 Å². The summed E-state index contributed by atoms with van der Waals surface area (Å²) in [6.07, 6.45) is 1.75. The molecule has 1 amide bonds. The maximum atomic E-state index is 12.3. The van der Waals surface area contributed by atoms with Crippen molar-refractivity contribution in [2.45, 2.75) is 29.5 Å². The van der Waals surface area contributed by atoms with Crippen LogP contribution in [0.25, 0.3) is 0 Å². The molecule has 1 heterocycles. The molecule has 0 radical (unpaired) electrons. The summed E-state index contributed by atoms with van der Waals surface area (Å²) in [4.78, 5) is 17.5. The van der Waals surface area contributed by atoms with Crippen LogP contribution in [0.1, 0.15) is 18.4 Å². The molecular formula is C21H27ClN2O2S. The van der Waals surface area contributed by atoms with E-state index >= 15 is 0 Å². The van der Waals surface area contributed by atoms with Crippen molar-refractivity contribution in [3.63, 3.8) is 0 Å². The van der Waals surface area contributed by atoms with Gasteiger partial charge in [0.2, 0.25) is 0 Å². The molecule has 0 N–H and O–H groups in total. The number of benzene rings is 2. The van der Waals surface area contributed by atoms with Crippen LogP contribution in [-0.2, 0) is 6.54 Å². The number of ether oxygens (including phenoxy) is 1. The molecule has 0 aromatic heterocycles. The number of para-hydroxylation sites is 1. The van der Waals surface area contributed by atoms with Gasteiger partial charge in [-0.25, -0.2) is 4.79 Å². The third-order valence-corrected chi connectivity index (χ3v) is 5.72. The van der Waals surface area contributed by atoms with Crippen molar-refractivity contribution in [2.75, 3.05) is 27.2 Å². The molecule has 2 aromatic rings. The monoisotopic (exact) mass is 406 g/mol. The zero-order valence-corrected chi connectivity index (χ0v) is 17.5. The largest absolute Gasteiger partial charge is 0.415 e. The summed E-state index contributed by atoms with van der Waals surface area (Å²) < 4.78 is 5.43. The van der Waals surface area contributed by atoms with Crippen molar-refractivity contribution in [3.05, 3.63) is 60.2 Å². The van der Waals surface area contributed by atoms with Gasteiger partial charge in [0.15, 0.2) is 0 Å². The average Bonchev–Trinajstić information content (AvgIpc) is 2.64. The molecule has 0 unspecified atom stereocenters. The number of likely N-dealkylation sites (tertiary alicyclic amines) is 1. The third kappa shape index (κ3) is 6.76. The minimum atomic E-state index is -0.243. The van der Waals surface area contributed by atoms with Gasteiger partial charge in [0, 0.05) is 29.8 Å². The van der Waals surface area contributed by atoms with Gasteiger partial charge >= 0.3 is 6.09 Å². The molecule has 0 saturated carbocycles. The van der Waals surface area contributed by atoms with Gasteiger partial charge in [-0.2, -0.15) is 0 Å². The first-order chi connectivity index (χ1) is 12.6.